The van der Waals surface area contributed by atoms with E-state index in [1.54, 1.807) is 24.3 Å². The maximum absolute atomic E-state index is 11.2. The van der Waals surface area contributed by atoms with E-state index in [1.807, 2.05) is 6.07 Å². The predicted molar refractivity (Wildman–Crippen MR) is 83.4 cm³/mol. The number of ether oxygens (including phenoxy) is 1. The lowest BCUT2D eigenvalue weighted by atomic mass is 10.0. The summed E-state index contributed by atoms with van der Waals surface area (Å²) in [4.78, 5) is 21.6. The molecule has 2 aromatic rings. The summed E-state index contributed by atoms with van der Waals surface area (Å²) in [5.74, 6) is -1.07. The van der Waals surface area contributed by atoms with E-state index in [2.05, 4.69) is 0 Å². The first-order valence-electron chi connectivity index (χ1n) is 6.55. The molecule has 116 valence electrons. The van der Waals surface area contributed by atoms with Gasteiger partial charge in [-0.1, -0.05) is 29.8 Å². The van der Waals surface area contributed by atoms with Crippen molar-refractivity contribution in [2.45, 2.75) is 13.3 Å². The number of halogens is 1. The van der Waals surface area contributed by atoms with E-state index in [4.69, 9.17) is 16.3 Å². The third-order valence-electron chi connectivity index (χ3n) is 3.04. The highest BCUT2D eigenvalue weighted by Gasteiger charge is 2.23. The van der Waals surface area contributed by atoms with E-state index >= 15 is 0 Å². The van der Waals surface area contributed by atoms with Gasteiger partial charge in [-0.25, -0.2) is 0 Å². The SMILES string of the molecule is CC(=O)Oc1c(C#N)cc(Cc2ccccc2Cl)cc1[N+](=O)[O-]. The number of carbonyl (C=O) groups is 1. The molecule has 0 N–H and O–H groups in total. The lowest BCUT2D eigenvalue weighted by Crippen LogP contribution is -2.07. The van der Waals surface area contributed by atoms with Gasteiger partial charge in [0.25, 0.3) is 0 Å². The van der Waals surface area contributed by atoms with Gasteiger partial charge < -0.3 is 4.74 Å². The fraction of sp³-hybridized carbons (Fsp3) is 0.125. The molecule has 2 rings (SSSR count). The molecule has 0 amide bonds. The Hall–Kier alpha value is -2.91. The minimum Gasteiger partial charge on any atom is -0.418 e. The van der Waals surface area contributed by atoms with Crippen molar-refractivity contribution in [3.63, 3.8) is 0 Å². The van der Waals surface area contributed by atoms with E-state index in [9.17, 15) is 20.2 Å². The van der Waals surface area contributed by atoms with Crippen molar-refractivity contribution in [2.75, 3.05) is 0 Å². The third kappa shape index (κ3) is 3.84. The van der Waals surface area contributed by atoms with Gasteiger partial charge in [-0.3, -0.25) is 14.9 Å². The summed E-state index contributed by atoms with van der Waals surface area (Å²) >= 11 is 6.08. The first-order chi connectivity index (χ1) is 10.9. The Labute approximate surface area is 137 Å². The van der Waals surface area contributed by atoms with Crippen molar-refractivity contribution in [3.8, 4) is 11.8 Å². The van der Waals surface area contributed by atoms with Gasteiger partial charge in [-0.05, 0) is 29.7 Å². The molecule has 0 aromatic heterocycles. The van der Waals surface area contributed by atoms with Gasteiger partial charge in [0.1, 0.15) is 11.6 Å². The summed E-state index contributed by atoms with van der Waals surface area (Å²) in [6, 6.07) is 11.6. The molecule has 0 fully saturated rings. The standard InChI is InChI=1S/C16H11ClN2O4/c1-10(20)23-16-13(9-18)7-11(8-15(16)19(21)22)6-12-4-2-3-5-14(12)17/h2-5,7-8H,6H2,1H3. The predicted octanol–water partition coefficient (Wildman–Crippen LogP) is 3.64. The fourth-order valence-corrected chi connectivity index (χ4v) is 2.31. The van der Waals surface area contributed by atoms with Crippen molar-refractivity contribution in [3.05, 3.63) is 68.2 Å². The zero-order valence-corrected chi connectivity index (χ0v) is 12.8. The number of rotatable bonds is 4. The fourth-order valence-electron chi connectivity index (χ4n) is 2.11. The Morgan fingerprint density at radius 1 is 1.39 bits per heavy atom. The molecule has 0 spiro atoms. The second-order valence-electron chi connectivity index (χ2n) is 4.72. The average Bonchev–Trinajstić information content (AvgIpc) is 2.49. The van der Waals surface area contributed by atoms with Crippen LogP contribution in [-0.4, -0.2) is 10.9 Å². The zero-order chi connectivity index (χ0) is 17.0. The van der Waals surface area contributed by atoms with Crippen LogP contribution in [0.4, 0.5) is 5.69 Å². The van der Waals surface area contributed by atoms with Crippen LogP contribution in [0.25, 0.3) is 0 Å². The topological polar surface area (TPSA) is 93.2 Å². The smallest absolute Gasteiger partial charge is 0.313 e. The third-order valence-corrected chi connectivity index (χ3v) is 3.41. The Morgan fingerprint density at radius 2 is 2.09 bits per heavy atom. The molecule has 0 bridgehead atoms. The van der Waals surface area contributed by atoms with Crippen molar-refractivity contribution in [1.29, 1.82) is 5.26 Å². The molecule has 0 atom stereocenters. The molecular weight excluding hydrogens is 320 g/mol. The number of nitro groups is 1. The molecule has 6 nitrogen and oxygen atoms in total. The van der Waals surface area contributed by atoms with Crippen LogP contribution in [0.3, 0.4) is 0 Å². The highest BCUT2D eigenvalue weighted by molar-refractivity contribution is 6.31. The summed E-state index contributed by atoms with van der Waals surface area (Å²) in [6.45, 7) is 1.11. The van der Waals surface area contributed by atoms with E-state index in [0.717, 1.165) is 12.5 Å². The highest BCUT2D eigenvalue weighted by atomic mass is 35.5. The van der Waals surface area contributed by atoms with Crippen molar-refractivity contribution in [2.24, 2.45) is 0 Å². The van der Waals surface area contributed by atoms with Gasteiger partial charge >= 0.3 is 11.7 Å². The largest absolute Gasteiger partial charge is 0.418 e. The summed E-state index contributed by atoms with van der Waals surface area (Å²) in [5, 5.41) is 20.9. The van der Waals surface area contributed by atoms with Gasteiger partial charge in [0.05, 0.1) is 4.92 Å². The molecule has 7 heteroatoms. The normalized spacial score (nSPS) is 9.96. The quantitative estimate of drug-likeness (QED) is 0.369. The molecule has 0 aliphatic rings. The van der Waals surface area contributed by atoms with Crippen molar-refractivity contribution >= 4 is 23.3 Å². The van der Waals surface area contributed by atoms with Gasteiger partial charge in [-0.15, -0.1) is 0 Å². The number of nitriles is 1. The van der Waals surface area contributed by atoms with E-state index in [-0.39, 0.29) is 11.3 Å². The number of nitro benzene ring substituents is 1. The molecule has 0 saturated heterocycles. The first kappa shape index (κ1) is 16.5. The van der Waals surface area contributed by atoms with Crippen LogP contribution in [-0.2, 0) is 11.2 Å². The number of hydrogen-bond acceptors (Lipinski definition) is 5. The van der Waals surface area contributed by atoms with Crippen LogP contribution < -0.4 is 4.74 Å². The second kappa shape index (κ2) is 6.90. The maximum Gasteiger partial charge on any atom is 0.313 e. The second-order valence-corrected chi connectivity index (χ2v) is 5.13. The lowest BCUT2D eigenvalue weighted by molar-refractivity contribution is -0.385. The molecule has 23 heavy (non-hydrogen) atoms. The number of benzene rings is 2. The van der Waals surface area contributed by atoms with Gasteiger partial charge in [0.15, 0.2) is 0 Å². The zero-order valence-electron chi connectivity index (χ0n) is 12.1. The maximum atomic E-state index is 11.2. The van der Waals surface area contributed by atoms with Crippen LogP contribution in [0.1, 0.15) is 23.6 Å². The molecule has 0 radical (unpaired) electrons. The van der Waals surface area contributed by atoms with Gasteiger partial charge in [0.2, 0.25) is 5.75 Å². The highest BCUT2D eigenvalue weighted by Crippen LogP contribution is 2.33. The van der Waals surface area contributed by atoms with Crippen molar-refractivity contribution in [1.82, 2.24) is 0 Å². The van der Waals surface area contributed by atoms with E-state index < -0.39 is 16.6 Å². The lowest BCUT2D eigenvalue weighted by Gasteiger charge is -2.09. The van der Waals surface area contributed by atoms with E-state index in [1.165, 1.54) is 12.1 Å². The number of carbonyl (C=O) groups excluding carboxylic acids is 1. The average molecular weight is 331 g/mol. The molecule has 2 aromatic carbocycles. The number of nitrogens with zero attached hydrogens (tertiary/aromatic N) is 2. The van der Waals surface area contributed by atoms with Gasteiger partial charge in [0, 0.05) is 18.0 Å². The molecule has 0 unspecified atom stereocenters. The Bertz CT molecular complexity index is 827. The number of hydrogen-bond donors (Lipinski definition) is 0. The van der Waals surface area contributed by atoms with Crippen LogP contribution in [0.2, 0.25) is 5.02 Å². The summed E-state index contributed by atoms with van der Waals surface area (Å²) in [6.07, 6.45) is 0.315. The Morgan fingerprint density at radius 3 is 2.65 bits per heavy atom. The van der Waals surface area contributed by atoms with Crippen molar-refractivity contribution < 1.29 is 14.5 Å². The molecular formula is C16H11ClN2O4. The summed E-state index contributed by atoms with van der Waals surface area (Å²) < 4.78 is 4.83. The van der Waals surface area contributed by atoms with E-state index in [0.29, 0.717) is 17.0 Å². The molecule has 0 aliphatic carbocycles. The summed E-state index contributed by atoms with van der Waals surface area (Å²) in [7, 11) is 0. The first-order valence-corrected chi connectivity index (χ1v) is 6.93. The number of esters is 1. The molecule has 0 saturated carbocycles. The van der Waals surface area contributed by atoms with Crippen LogP contribution in [0.5, 0.6) is 5.75 Å². The Kier molecular flexibility index (Phi) is 4.94. The minimum absolute atomic E-state index is 0.0727. The van der Waals surface area contributed by atoms with Gasteiger partial charge in [-0.2, -0.15) is 5.26 Å². The monoisotopic (exact) mass is 330 g/mol. The minimum atomic E-state index is -0.733. The van der Waals surface area contributed by atoms with Crippen LogP contribution in [0, 0.1) is 21.4 Å². The Balaban J connectivity index is 2.53. The molecule has 0 heterocycles. The van der Waals surface area contributed by atoms with Crippen LogP contribution in [0.15, 0.2) is 36.4 Å². The molecule has 0 aliphatic heterocycles. The van der Waals surface area contributed by atoms with Crippen LogP contribution >= 0.6 is 11.6 Å². The summed E-state index contributed by atoms with van der Waals surface area (Å²) in [5.41, 5.74) is 0.794.